The van der Waals surface area contributed by atoms with E-state index in [1.165, 1.54) is 0 Å². The third-order valence-corrected chi connectivity index (χ3v) is 4.73. The number of aromatic nitrogens is 5. The van der Waals surface area contributed by atoms with E-state index in [1.807, 2.05) is 38.6 Å². The van der Waals surface area contributed by atoms with Crippen molar-refractivity contribution >= 4 is 22.1 Å². The number of hydrogen-bond donors (Lipinski definition) is 1. The molecule has 1 N–H and O–H groups in total. The van der Waals surface area contributed by atoms with Crippen molar-refractivity contribution in [3.8, 4) is 22.5 Å². The normalized spacial score (nSPS) is 11.6. The van der Waals surface area contributed by atoms with Gasteiger partial charge in [-0.2, -0.15) is 0 Å². The first-order valence-electron chi connectivity index (χ1n) is 8.22. The Morgan fingerprint density at radius 3 is 1.68 bits per heavy atom. The standard InChI is InChI=1S/C20H17N5/c1-24-11-15(13-5-3-9-21-19(13)24)17-7-8-18(23-17)16-12-25(2)20-14(16)6-4-10-22-20/h3-12,23H,1-2H3. The molecule has 5 nitrogen and oxygen atoms in total. The number of nitrogens with one attached hydrogen (secondary N) is 1. The van der Waals surface area contributed by atoms with Crippen molar-refractivity contribution in [2.75, 3.05) is 0 Å². The Hall–Kier alpha value is -3.34. The summed E-state index contributed by atoms with van der Waals surface area (Å²) < 4.78 is 4.13. The number of hydrogen-bond acceptors (Lipinski definition) is 2. The number of fused-ring (bicyclic) bond motifs is 2. The molecule has 0 radical (unpaired) electrons. The van der Waals surface area contributed by atoms with Crippen molar-refractivity contribution in [1.82, 2.24) is 24.1 Å². The number of H-pyrrole nitrogens is 1. The average molecular weight is 327 g/mol. The van der Waals surface area contributed by atoms with Crippen LogP contribution in [0, 0.1) is 0 Å². The Balaban J connectivity index is 1.68. The second-order valence-corrected chi connectivity index (χ2v) is 6.34. The molecule has 0 aromatic carbocycles. The van der Waals surface area contributed by atoms with Crippen molar-refractivity contribution in [1.29, 1.82) is 0 Å². The molecule has 0 bridgehead atoms. The van der Waals surface area contributed by atoms with Gasteiger partial charge in [-0.1, -0.05) is 0 Å². The van der Waals surface area contributed by atoms with Crippen molar-refractivity contribution in [3.63, 3.8) is 0 Å². The molecule has 5 rings (SSSR count). The number of pyridine rings is 2. The molecule has 5 heteroatoms. The molecule has 0 aliphatic rings. The molecule has 122 valence electrons. The van der Waals surface area contributed by atoms with Gasteiger partial charge in [-0.15, -0.1) is 0 Å². The second kappa shape index (κ2) is 5.08. The van der Waals surface area contributed by atoms with Gasteiger partial charge in [0.1, 0.15) is 11.3 Å². The molecule has 0 spiro atoms. The highest BCUT2D eigenvalue weighted by atomic mass is 15.0. The summed E-state index contributed by atoms with van der Waals surface area (Å²) in [5.41, 5.74) is 6.49. The zero-order valence-electron chi connectivity index (χ0n) is 14.1. The van der Waals surface area contributed by atoms with E-state index >= 15 is 0 Å². The number of aromatic amines is 1. The Morgan fingerprint density at radius 1 is 0.720 bits per heavy atom. The molecule has 5 aromatic heterocycles. The van der Waals surface area contributed by atoms with Gasteiger partial charge in [-0.25, -0.2) is 9.97 Å². The van der Waals surface area contributed by atoms with Crippen LogP contribution < -0.4 is 0 Å². The predicted molar refractivity (Wildman–Crippen MR) is 100 cm³/mol. The predicted octanol–water partition coefficient (Wildman–Crippen LogP) is 4.12. The lowest BCUT2D eigenvalue weighted by Crippen LogP contribution is -1.85. The number of nitrogens with zero attached hydrogens (tertiary/aromatic N) is 4. The third kappa shape index (κ3) is 2.02. The summed E-state index contributed by atoms with van der Waals surface area (Å²) in [6, 6.07) is 12.4. The highest BCUT2D eigenvalue weighted by Gasteiger charge is 2.14. The summed E-state index contributed by atoms with van der Waals surface area (Å²) >= 11 is 0. The van der Waals surface area contributed by atoms with Gasteiger partial charge in [0.25, 0.3) is 0 Å². The third-order valence-electron chi connectivity index (χ3n) is 4.73. The first-order valence-corrected chi connectivity index (χ1v) is 8.22. The first-order chi connectivity index (χ1) is 12.2. The van der Waals surface area contributed by atoms with Crippen molar-refractivity contribution in [2.45, 2.75) is 0 Å². The Bertz CT molecular complexity index is 1130. The van der Waals surface area contributed by atoms with E-state index in [0.717, 1.165) is 44.6 Å². The Kier molecular flexibility index (Phi) is 2.85. The molecule has 25 heavy (non-hydrogen) atoms. The second-order valence-electron chi connectivity index (χ2n) is 6.34. The van der Waals surface area contributed by atoms with E-state index in [9.17, 15) is 0 Å². The van der Waals surface area contributed by atoms with Crippen LogP contribution in [0.2, 0.25) is 0 Å². The fraction of sp³-hybridized carbons (Fsp3) is 0.100. The minimum Gasteiger partial charge on any atom is -0.354 e. The van der Waals surface area contributed by atoms with Crippen LogP contribution in [0.5, 0.6) is 0 Å². The van der Waals surface area contributed by atoms with Crippen molar-refractivity contribution in [2.24, 2.45) is 14.1 Å². The minimum absolute atomic E-state index is 0.989. The van der Waals surface area contributed by atoms with Gasteiger partial charge in [0.2, 0.25) is 0 Å². The SMILES string of the molecule is Cn1cc(-c2ccc(-c3cn(C)c4ncccc34)[nH]2)c2cccnc21. The van der Waals surface area contributed by atoms with E-state index in [-0.39, 0.29) is 0 Å². The minimum atomic E-state index is 0.989. The van der Waals surface area contributed by atoms with Gasteiger partial charge in [0, 0.05) is 72.2 Å². The van der Waals surface area contributed by atoms with E-state index in [1.54, 1.807) is 0 Å². The molecule has 0 atom stereocenters. The smallest absolute Gasteiger partial charge is 0.140 e. The van der Waals surface area contributed by atoms with Gasteiger partial charge in [-0.05, 0) is 36.4 Å². The fourth-order valence-electron chi connectivity index (χ4n) is 3.56. The van der Waals surface area contributed by atoms with Crippen molar-refractivity contribution in [3.05, 3.63) is 61.2 Å². The molecule has 0 fully saturated rings. The van der Waals surface area contributed by atoms with Gasteiger partial charge >= 0.3 is 0 Å². The summed E-state index contributed by atoms with van der Waals surface area (Å²) in [5.74, 6) is 0. The summed E-state index contributed by atoms with van der Waals surface area (Å²) in [6.45, 7) is 0. The van der Waals surface area contributed by atoms with Crippen LogP contribution in [0.25, 0.3) is 44.6 Å². The summed E-state index contributed by atoms with van der Waals surface area (Å²) in [4.78, 5) is 12.5. The van der Waals surface area contributed by atoms with E-state index < -0.39 is 0 Å². The van der Waals surface area contributed by atoms with Gasteiger partial charge < -0.3 is 14.1 Å². The molecule has 0 saturated carbocycles. The quantitative estimate of drug-likeness (QED) is 0.530. The molecular weight excluding hydrogens is 310 g/mol. The van der Waals surface area contributed by atoms with Crippen molar-refractivity contribution < 1.29 is 0 Å². The molecule has 0 aliphatic heterocycles. The number of rotatable bonds is 2. The van der Waals surface area contributed by atoms with Crippen LogP contribution in [0.4, 0.5) is 0 Å². The summed E-state index contributed by atoms with van der Waals surface area (Å²) in [6.07, 6.45) is 7.90. The monoisotopic (exact) mass is 327 g/mol. The maximum absolute atomic E-state index is 4.47. The van der Waals surface area contributed by atoms with E-state index in [0.29, 0.717) is 0 Å². The van der Waals surface area contributed by atoms with Crippen LogP contribution >= 0.6 is 0 Å². The maximum atomic E-state index is 4.47. The molecule has 5 heterocycles. The molecular formula is C20H17N5. The first kappa shape index (κ1) is 14.0. The fourth-order valence-corrected chi connectivity index (χ4v) is 3.56. The lowest BCUT2D eigenvalue weighted by molar-refractivity contribution is 0.948. The highest BCUT2D eigenvalue weighted by Crippen LogP contribution is 2.33. The highest BCUT2D eigenvalue weighted by molar-refractivity contribution is 5.96. The van der Waals surface area contributed by atoms with Crippen LogP contribution in [-0.4, -0.2) is 24.1 Å². The van der Waals surface area contributed by atoms with Gasteiger partial charge in [0.05, 0.1) is 0 Å². The van der Waals surface area contributed by atoms with E-state index in [2.05, 4.69) is 60.7 Å². The molecule has 5 aromatic rings. The summed E-state index contributed by atoms with van der Waals surface area (Å²) in [5, 5.41) is 2.30. The Labute approximate surface area is 144 Å². The lowest BCUT2D eigenvalue weighted by atomic mass is 10.1. The lowest BCUT2D eigenvalue weighted by Gasteiger charge is -1.97. The van der Waals surface area contributed by atoms with Crippen LogP contribution in [-0.2, 0) is 14.1 Å². The largest absolute Gasteiger partial charge is 0.354 e. The van der Waals surface area contributed by atoms with Crippen LogP contribution in [0.1, 0.15) is 0 Å². The molecule has 0 aliphatic carbocycles. The van der Waals surface area contributed by atoms with E-state index in [4.69, 9.17) is 0 Å². The Morgan fingerprint density at radius 2 is 1.20 bits per heavy atom. The molecule has 0 amide bonds. The van der Waals surface area contributed by atoms with Crippen LogP contribution in [0.3, 0.4) is 0 Å². The van der Waals surface area contributed by atoms with Gasteiger partial charge in [-0.3, -0.25) is 0 Å². The maximum Gasteiger partial charge on any atom is 0.140 e. The number of aryl methyl sites for hydroxylation is 2. The van der Waals surface area contributed by atoms with Crippen LogP contribution in [0.15, 0.2) is 61.2 Å². The average Bonchev–Trinajstić information content (AvgIpc) is 3.33. The topological polar surface area (TPSA) is 51.4 Å². The summed E-state index contributed by atoms with van der Waals surface area (Å²) in [7, 11) is 4.05. The molecule has 0 unspecified atom stereocenters. The molecule has 0 saturated heterocycles. The zero-order valence-corrected chi connectivity index (χ0v) is 14.1. The zero-order chi connectivity index (χ0) is 17.0. The van der Waals surface area contributed by atoms with Gasteiger partial charge in [0.15, 0.2) is 0 Å².